The summed E-state index contributed by atoms with van der Waals surface area (Å²) >= 11 is 1.38. The lowest BCUT2D eigenvalue weighted by Crippen LogP contribution is -2.63. The van der Waals surface area contributed by atoms with Crippen molar-refractivity contribution in [3.05, 3.63) is 16.6 Å². The van der Waals surface area contributed by atoms with E-state index in [2.05, 4.69) is 4.98 Å². The van der Waals surface area contributed by atoms with Gasteiger partial charge in [0.25, 0.3) is 5.91 Å². The number of amides is 2. The molecule has 1 fully saturated rings. The molecule has 0 aromatic carbocycles. The third-order valence-electron chi connectivity index (χ3n) is 3.10. The van der Waals surface area contributed by atoms with E-state index in [1.807, 2.05) is 0 Å². The van der Waals surface area contributed by atoms with Gasteiger partial charge in [0.2, 0.25) is 5.91 Å². The molecule has 0 spiro atoms. The van der Waals surface area contributed by atoms with Crippen molar-refractivity contribution in [2.24, 2.45) is 0 Å². The first-order valence-electron chi connectivity index (χ1n) is 5.40. The van der Waals surface area contributed by atoms with Gasteiger partial charge in [-0.3, -0.25) is 9.59 Å². The lowest BCUT2D eigenvalue weighted by Gasteiger charge is -2.44. The monoisotopic (exact) mass is 253 g/mol. The number of aromatic nitrogens is 1. The van der Waals surface area contributed by atoms with Crippen LogP contribution in [0.3, 0.4) is 0 Å². The van der Waals surface area contributed by atoms with E-state index < -0.39 is 5.54 Å². The third kappa shape index (κ3) is 1.93. The van der Waals surface area contributed by atoms with Crippen LogP contribution in [0.5, 0.6) is 0 Å². The van der Waals surface area contributed by atoms with E-state index >= 15 is 0 Å². The molecule has 6 heteroatoms. The highest BCUT2D eigenvalue weighted by Gasteiger charge is 2.43. The zero-order valence-corrected chi connectivity index (χ0v) is 11.0. The Labute approximate surface area is 104 Å². The number of hydrogen-bond acceptors (Lipinski definition) is 4. The van der Waals surface area contributed by atoms with Gasteiger partial charge in [-0.1, -0.05) is 0 Å². The number of likely N-dealkylation sites (N-methyl/N-ethyl adjacent to an activating group) is 1. The molecule has 0 bridgehead atoms. The van der Waals surface area contributed by atoms with Crippen molar-refractivity contribution in [2.75, 3.05) is 20.1 Å². The Morgan fingerprint density at radius 1 is 1.47 bits per heavy atom. The third-order valence-corrected chi connectivity index (χ3v) is 3.69. The number of hydrogen-bond donors (Lipinski definition) is 0. The van der Waals surface area contributed by atoms with Crippen molar-refractivity contribution >= 4 is 23.2 Å². The van der Waals surface area contributed by atoms with Gasteiger partial charge in [-0.05, 0) is 13.8 Å². The fraction of sp³-hybridized carbons (Fsp3) is 0.545. The van der Waals surface area contributed by atoms with Gasteiger partial charge in [0.05, 0.1) is 5.51 Å². The van der Waals surface area contributed by atoms with Crippen LogP contribution in [-0.2, 0) is 4.79 Å². The SMILES string of the molecule is CN1CCN(C(=O)c2cscn2)C(C)(C)C1=O. The minimum atomic E-state index is -0.798. The summed E-state index contributed by atoms with van der Waals surface area (Å²) in [7, 11) is 1.76. The number of carbonyl (C=O) groups is 2. The van der Waals surface area contributed by atoms with Gasteiger partial charge in [-0.15, -0.1) is 11.3 Å². The van der Waals surface area contributed by atoms with Crippen molar-refractivity contribution in [2.45, 2.75) is 19.4 Å². The maximum atomic E-state index is 12.2. The molecule has 0 aliphatic carbocycles. The van der Waals surface area contributed by atoms with Crippen LogP contribution in [0.25, 0.3) is 0 Å². The molecule has 0 N–H and O–H groups in total. The predicted octanol–water partition coefficient (Wildman–Crippen LogP) is 0.836. The van der Waals surface area contributed by atoms with Crippen LogP contribution in [0, 0.1) is 0 Å². The van der Waals surface area contributed by atoms with Crippen LogP contribution in [0.4, 0.5) is 0 Å². The van der Waals surface area contributed by atoms with Crippen LogP contribution < -0.4 is 0 Å². The first-order valence-corrected chi connectivity index (χ1v) is 6.34. The quantitative estimate of drug-likeness (QED) is 0.745. The zero-order chi connectivity index (χ0) is 12.6. The van der Waals surface area contributed by atoms with E-state index in [4.69, 9.17) is 0 Å². The maximum Gasteiger partial charge on any atom is 0.274 e. The molecule has 17 heavy (non-hydrogen) atoms. The Balaban J connectivity index is 2.27. The van der Waals surface area contributed by atoms with Crippen LogP contribution >= 0.6 is 11.3 Å². The molecule has 0 atom stereocenters. The fourth-order valence-corrected chi connectivity index (χ4v) is 2.55. The first kappa shape index (κ1) is 12.0. The van der Waals surface area contributed by atoms with E-state index in [0.29, 0.717) is 18.8 Å². The van der Waals surface area contributed by atoms with Crippen LogP contribution in [0.2, 0.25) is 0 Å². The van der Waals surface area contributed by atoms with E-state index in [-0.39, 0.29) is 11.8 Å². The summed E-state index contributed by atoms with van der Waals surface area (Å²) in [5.74, 6) is -0.204. The maximum absolute atomic E-state index is 12.2. The molecule has 5 nitrogen and oxygen atoms in total. The summed E-state index contributed by atoms with van der Waals surface area (Å²) in [5.41, 5.74) is 1.24. The molecule has 2 amide bonds. The molecule has 0 saturated carbocycles. The topological polar surface area (TPSA) is 53.5 Å². The normalized spacial score (nSPS) is 19.6. The second-order valence-electron chi connectivity index (χ2n) is 4.62. The Kier molecular flexibility index (Phi) is 2.91. The van der Waals surface area contributed by atoms with E-state index in [1.54, 1.807) is 41.6 Å². The highest BCUT2D eigenvalue weighted by molar-refractivity contribution is 7.07. The second-order valence-corrected chi connectivity index (χ2v) is 5.33. The summed E-state index contributed by atoms with van der Waals surface area (Å²) in [6.45, 7) is 4.66. The standard InChI is InChI=1S/C11H15N3O2S/c1-11(2)10(16)13(3)4-5-14(11)9(15)8-6-17-7-12-8/h6-7H,4-5H2,1-3H3. The van der Waals surface area contributed by atoms with E-state index in [1.165, 1.54) is 11.3 Å². The summed E-state index contributed by atoms with van der Waals surface area (Å²) < 4.78 is 0. The van der Waals surface area contributed by atoms with Crippen molar-refractivity contribution in [3.8, 4) is 0 Å². The van der Waals surface area contributed by atoms with Crippen molar-refractivity contribution in [1.29, 1.82) is 0 Å². The molecule has 1 aliphatic rings. The average Bonchev–Trinajstić information content (AvgIpc) is 2.79. The van der Waals surface area contributed by atoms with Crippen LogP contribution in [0.15, 0.2) is 10.9 Å². The van der Waals surface area contributed by atoms with Crippen molar-refractivity contribution < 1.29 is 9.59 Å². The Morgan fingerprint density at radius 3 is 2.76 bits per heavy atom. The molecule has 1 aliphatic heterocycles. The molecule has 1 saturated heterocycles. The van der Waals surface area contributed by atoms with Gasteiger partial charge in [0, 0.05) is 25.5 Å². The van der Waals surface area contributed by atoms with Gasteiger partial charge in [-0.2, -0.15) is 0 Å². The summed E-state index contributed by atoms with van der Waals surface area (Å²) in [4.78, 5) is 31.5. The fourth-order valence-electron chi connectivity index (χ4n) is 2.03. The van der Waals surface area contributed by atoms with Gasteiger partial charge in [0.15, 0.2) is 0 Å². The zero-order valence-electron chi connectivity index (χ0n) is 10.1. The molecule has 2 rings (SSSR count). The predicted molar refractivity (Wildman–Crippen MR) is 64.9 cm³/mol. The van der Waals surface area contributed by atoms with Crippen LogP contribution in [0.1, 0.15) is 24.3 Å². The van der Waals surface area contributed by atoms with E-state index in [0.717, 1.165) is 0 Å². The number of thiazole rings is 1. The number of nitrogens with zero attached hydrogens (tertiary/aromatic N) is 3. The van der Waals surface area contributed by atoms with E-state index in [9.17, 15) is 9.59 Å². The molecule has 1 aromatic heterocycles. The molecule has 0 radical (unpaired) electrons. The summed E-state index contributed by atoms with van der Waals surface area (Å²) in [6.07, 6.45) is 0. The summed E-state index contributed by atoms with van der Waals surface area (Å²) in [6, 6.07) is 0. The molecular weight excluding hydrogens is 238 g/mol. The molecule has 92 valence electrons. The van der Waals surface area contributed by atoms with Gasteiger partial charge < -0.3 is 9.80 Å². The summed E-state index contributed by atoms with van der Waals surface area (Å²) in [5, 5.41) is 1.71. The largest absolute Gasteiger partial charge is 0.342 e. The Hall–Kier alpha value is -1.43. The van der Waals surface area contributed by atoms with Crippen molar-refractivity contribution in [1.82, 2.24) is 14.8 Å². The smallest absolute Gasteiger partial charge is 0.274 e. The minimum absolute atomic E-state index is 0.0349. The molecule has 0 unspecified atom stereocenters. The lowest BCUT2D eigenvalue weighted by molar-refractivity contribution is -0.144. The average molecular weight is 253 g/mol. The second kappa shape index (κ2) is 4.10. The Morgan fingerprint density at radius 2 is 2.18 bits per heavy atom. The molecule has 2 heterocycles. The molecule has 1 aromatic rings. The molecular formula is C11H15N3O2S. The lowest BCUT2D eigenvalue weighted by atomic mass is 9.97. The van der Waals surface area contributed by atoms with Gasteiger partial charge in [0.1, 0.15) is 11.2 Å². The Bertz CT molecular complexity index is 442. The van der Waals surface area contributed by atoms with Gasteiger partial charge in [-0.25, -0.2) is 4.98 Å². The number of carbonyl (C=O) groups excluding carboxylic acids is 2. The van der Waals surface area contributed by atoms with Crippen LogP contribution in [-0.4, -0.2) is 52.3 Å². The number of piperazine rings is 1. The van der Waals surface area contributed by atoms with Gasteiger partial charge >= 0.3 is 0 Å². The minimum Gasteiger partial charge on any atom is -0.342 e. The van der Waals surface area contributed by atoms with Crippen molar-refractivity contribution in [3.63, 3.8) is 0 Å². The highest BCUT2D eigenvalue weighted by atomic mass is 32.1. The first-order chi connectivity index (χ1) is 7.94. The highest BCUT2D eigenvalue weighted by Crippen LogP contribution is 2.23. The number of rotatable bonds is 1.